The Labute approximate surface area is 280 Å². The number of benzene rings is 4. The van der Waals surface area contributed by atoms with Crippen molar-refractivity contribution in [2.75, 3.05) is 0 Å². The fourth-order valence-electron chi connectivity index (χ4n) is 6.31. The van der Waals surface area contributed by atoms with Gasteiger partial charge in [-0.2, -0.15) is 0 Å². The van der Waals surface area contributed by atoms with Crippen LogP contribution in [-0.2, 0) is 21.7 Å². The first-order valence-corrected chi connectivity index (χ1v) is 18.3. The first-order valence-electron chi connectivity index (χ1n) is 15.2. The van der Waals surface area contributed by atoms with E-state index in [1.807, 2.05) is 36.4 Å². The number of hydrogen-bond acceptors (Lipinski definition) is 1. The fourth-order valence-corrected chi connectivity index (χ4v) is 10.0. The summed E-state index contributed by atoms with van der Waals surface area (Å²) in [6.07, 6.45) is 13.1. The van der Waals surface area contributed by atoms with Crippen LogP contribution in [-0.4, -0.2) is 13.8 Å². The molecule has 0 heterocycles. The summed E-state index contributed by atoms with van der Waals surface area (Å²) < 4.78 is 0. The molecule has 0 spiro atoms. The molecule has 4 aromatic rings. The summed E-state index contributed by atoms with van der Waals surface area (Å²) >= 11 is 0. The summed E-state index contributed by atoms with van der Waals surface area (Å²) in [5.74, 6) is 0. The van der Waals surface area contributed by atoms with Gasteiger partial charge in [-0.3, -0.25) is 0 Å². The molecule has 0 bridgehead atoms. The third-order valence-electron chi connectivity index (χ3n) is 7.90. The second-order valence-electron chi connectivity index (χ2n) is 12.9. The van der Waals surface area contributed by atoms with Crippen LogP contribution < -0.4 is 4.98 Å². The van der Waals surface area contributed by atoms with Gasteiger partial charge in [-0.1, -0.05) is 165 Å². The summed E-state index contributed by atoms with van der Waals surface area (Å²) in [4.78, 5) is 3.99. The largest absolute Gasteiger partial charge is 0.332 e. The molecule has 1 atom stereocenters. The molecule has 2 aliphatic rings. The number of hydrogen-bond donors (Lipinski definition) is 1. The molecule has 1 nitrogen and oxygen atoms in total. The summed E-state index contributed by atoms with van der Waals surface area (Å²) in [5.41, 5.74) is 12.2. The molecule has 3 heteroatoms. The Balaban J connectivity index is 0.000000223. The second-order valence-corrected chi connectivity index (χ2v) is 17.2. The summed E-state index contributed by atoms with van der Waals surface area (Å²) in [6, 6.07) is 38.1. The zero-order valence-electron chi connectivity index (χ0n) is 26.6. The molecule has 6 rings (SSSR count). The van der Waals surface area contributed by atoms with Crippen molar-refractivity contribution >= 4 is 37.1 Å². The maximum absolute atomic E-state index is 4.48. The van der Waals surface area contributed by atoms with E-state index in [2.05, 4.69) is 155 Å². The Bertz CT molecular complexity index is 1650. The molecule has 4 aromatic carbocycles. The minimum absolute atomic E-state index is 0. The zero-order chi connectivity index (χ0) is 30.5. The quantitative estimate of drug-likeness (QED) is 0.172. The van der Waals surface area contributed by atoms with Crippen molar-refractivity contribution in [3.63, 3.8) is 0 Å². The van der Waals surface area contributed by atoms with Gasteiger partial charge in [-0.05, 0) is 70.9 Å². The predicted octanol–water partition coefficient (Wildman–Crippen LogP) is 10.9. The SMILES string of the molecule is C(C=Cc1ccccc1)=Cc1ccccc1.C=C1c2ccccc2C2=C(c3ccccc31)C([Si](C)(C)NC(C)(C)C)C=C2.[Ti]. The summed E-state index contributed by atoms with van der Waals surface area (Å²) in [6.45, 7) is 16.2. The minimum atomic E-state index is -1.77. The van der Waals surface area contributed by atoms with Crippen molar-refractivity contribution in [1.29, 1.82) is 0 Å². The van der Waals surface area contributed by atoms with Crippen molar-refractivity contribution in [2.45, 2.75) is 44.9 Å². The molecule has 2 aliphatic carbocycles. The Morgan fingerprint density at radius 2 is 1.07 bits per heavy atom. The van der Waals surface area contributed by atoms with Gasteiger partial charge in [-0.25, -0.2) is 0 Å². The van der Waals surface area contributed by atoms with Crippen LogP contribution in [0.25, 0.3) is 28.9 Å². The topological polar surface area (TPSA) is 12.0 Å². The van der Waals surface area contributed by atoms with Crippen LogP contribution in [0.4, 0.5) is 0 Å². The molecule has 0 radical (unpaired) electrons. The Morgan fingerprint density at radius 1 is 0.636 bits per heavy atom. The van der Waals surface area contributed by atoms with E-state index in [1.54, 1.807) is 0 Å². The maximum atomic E-state index is 4.48. The van der Waals surface area contributed by atoms with Crippen molar-refractivity contribution in [3.8, 4) is 0 Å². The van der Waals surface area contributed by atoms with E-state index in [-0.39, 0.29) is 27.3 Å². The Hall–Kier alpha value is -3.53. The number of allylic oxidation sites excluding steroid dienone is 6. The Kier molecular flexibility index (Phi) is 11.0. The predicted molar refractivity (Wildman–Crippen MR) is 192 cm³/mol. The molecule has 0 saturated carbocycles. The molecular formula is C41H43NSiTi. The van der Waals surface area contributed by atoms with Gasteiger partial charge >= 0.3 is 0 Å². The minimum Gasteiger partial charge on any atom is -0.332 e. The molecule has 0 aliphatic heterocycles. The van der Waals surface area contributed by atoms with Crippen LogP contribution in [0.3, 0.4) is 0 Å². The Morgan fingerprint density at radius 3 is 1.57 bits per heavy atom. The van der Waals surface area contributed by atoms with Gasteiger partial charge in [0.25, 0.3) is 0 Å². The zero-order valence-corrected chi connectivity index (χ0v) is 29.2. The van der Waals surface area contributed by atoms with Gasteiger partial charge in [0.1, 0.15) is 8.24 Å². The van der Waals surface area contributed by atoms with Crippen LogP contribution in [0, 0.1) is 0 Å². The first kappa shape index (κ1) is 33.4. The molecule has 0 saturated heterocycles. The van der Waals surface area contributed by atoms with Gasteiger partial charge in [0.2, 0.25) is 0 Å². The van der Waals surface area contributed by atoms with Crippen LogP contribution in [0.5, 0.6) is 0 Å². The smallest absolute Gasteiger partial charge is 0.131 e. The monoisotopic (exact) mass is 625 g/mol. The van der Waals surface area contributed by atoms with Crippen LogP contribution >= 0.6 is 0 Å². The van der Waals surface area contributed by atoms with Crippen molar-refractivity contribution in [2.24, 2.45) is 0 Å². The normalized spacial score (nSPS) is 15.7. The van der Waals surface area contributed by atoms with E-state index >= 15 is 0 Å². The fraction of sp³-hybridized carbons (Fsp3) is 0.171. The standard InChI is InChI=1S/C25H29NSi.C16H14.Ti/c1-17-18-11-7-9-13-20(18)22-15-16-23(27(5,6)26-25(2,3)4)24(22)21-14-10-8-12-19(17)21;1-3-9-15(10-4-1)13-7-8-14-16-11-5-2-6-12-16;/h7-16,23,26H,1H2,2-6H3;1-14H;. The molecule has 0 fully saturated rings. The first-order chi connectivity index (χ1) is 20.6. The molecule has 1 N–H and O–H groups in total. The van der Waals surface area contributed by atoms with Crippen LogP contribution in [0.2, 0.25) is 18.6 Å². The molecule has 220 valence electrons. The summed E-state index contributed by atoms with van der Waals surface area (Å²) in [7, 11) is -1.77. The number of nitrogens with one attached hydrogen (secondary N) is 1. The van der Waals surface area contributed by atoms with Gasteiger partial charge < -0.3 is 4.98 Å². The van der Waals surface area contributed by atoms with Crippen LogP contribution in [0.15, 0.2) is 140 Å². The molecule has 0 aromatic heterocycles. The van der Waals surface area contributed by atoms with Crippen LogP contribution in [0.1, 0.15) is 54.2 Å². The summed E-state index contributed by atoms with van der Waals surface area (Å²) in [5, 5.41) is 0. The molecule has 1 unspecified atom stereocenters. The van der Waals surface area contributed by atoms with Gasteiger partial charge in [0, 0.05) is 32.8 Å². The van der Waals surface area contributed by atoms with E-state index in [0.717, 1.165) is 5.57 Å². The van der Waals surface area contributed by atoms with Crippen molar-refractivity contribution in [3.05, 3.63) is 173 Å². The average molecular weight is 626 g/mol. The van der Waals surface area contributed by atoms with E-state index in [9.17, 15) is 0 Å². The molecular weight excluding hydrogens is 582 g/mol. The van der Waals surface area contributed by atoms with Gasteiger partial charge in [0.15, 0.2) is 0 Å². The number of rotatable bonds is 5. The second kappa shape index (κ2) is 14.5. The third kappa shape index (κ3) is 7.94. The number of fused-ring (bicyclic) bond motifs is 4. The van der Waals surface area contributed by atoms with Gasteiger partial charge in [0.05, 0.1) is 0 Å². The third-order valence-corrected chi connectivity index (χ3v) is 11.3. The van der Waals surface area contributed by atoms with Gasteiger partial charge in [-0.15, -0.1) is 0 Å². The van der Waals surface area contributed by atoms with E-state index in [1.165, 1.54) is 44.5 Å². The van der Waals surface area contributed by atoms with E-state index in [4.69, 9.17) is 0 Å². The van der Waals surface area contributed by atoms with Crippen molar-refractivity contribution in [1.82, 2.24) is 4.98 Å². The molecule has 0 amide bonds. The average Bonchev–Trinajstić information content (AvgIpc) is 3.42. The van der Waals surface area contributed by atoms with E-state index in [0.29, 0.717) is 5.54 Å². The van der Waals surface area contributed by atoms with E-state index < -0.39 is 8.24 Å². The maximum Gasteiger partial charge on any atom is 0.131 e. The van der Waals surface area contributed by atoms with Crippen molar-refractivity contribution < 1.29 is 21.7 Å². The molecule has 44 heavy (non-hydrogen) atoms.